The van der Waals surface area contributed by atoms with Gasteiger partial charge in [0.1, 0.15) is 0 Å². The number of carbonyl (C=O) groups is 1. The molecule has 0 N–H and O–H groups in total. The lowest BCUT2D eigenvalue weighted by atomic mass is 10.00. The van der Waals surface area contributed by atoms with E-state index in [0.717, 1.165) is 50.9 Å². The fraction of sp³-hybridized carbons (Fsp3) is 0.357. The third-order valence-corrected chi connectivity index (χ3v) is 6.74. The van der Waals surface area contributed by atoms with E-state index in [0.29, 0.717) is 23.6 Å². The summed E-state index contributed by atoms with van der Waals surface area (Å²) in [5.41, 5.74) is 3.08. The van der Waals surface area contributed by atoms with Crippen LogP contribution in [0.3, 0.4) is 0 Å². The maximum atomic E-state index is 13.7. The number of amides is 1. The molecule has 1 saturated heterocycles. The van der Waals surface area contributed by atoms with Gasteiger partial charge < -0.3 is 19.3 Å². The van der Waals surface area contributed by atoms with Crippen LogP contribution >= 0.6 is 0 Å². The molecule has 0 spiro atoms. The summed E-state index contributed by atoms with van der Waals surface area (Å²) in [6.45, 7) is 3.88. The SMILES string of the molecule is O=C(c1ccc2c(c1)OCO2)N(Cc1cccnc1)C1CCN(CCCc2ccccc2)CC1. The molecule has 5 rings (SSSR count). The van der Waals surface area contributed by atoms with Crippen LogP contribution in [0, 0.1) is 0 Å². The number of hydrogen-bond donors (Lipinski definition) is 0. The highest BCUT2D eigenvalue weighted by Crippen LogP contribution is 2.33. The number of carbonyl (C=O) groups excluding carboxylic acids is 1. The van der Waals surface area contributed by atoms with Gasteiger partial charge in [0, 0.05) is 43.6 Å². The molecule has 1 aromatic heterocycles. The van der Waals surface area contributed by atoms with Crippen molar-refractivity contribution in [3.63, 3.8) is 0 Å². The van der Waals surface area contributed by atoms with Crippen molar-refractivity contribution in [2.24, 2.45) is 0 Å². The minimum absolute atomic E-state index is 0.0321. The standard InChI is InChI=1S/C28H31N3O3/c32-28(24-10-11-26-27(18-24)34-21-33-26)31(20-23-8-4-14-29-19-23)25-12-16-30(17-13-25)15-5-9-22-6-2-1-3-7-22/h1-4,6-8,10-11,14,18-19,25H,5,9,12-13,15-17,20-21H2. The van der Waals surface area contributed by atoms with Crippen LogP contribution in [-0.2, 0) is 13.0 Å². The van der Waals surface area contributed by atoms with Crippen molar-refractivity contribution in [2.75, 3.05) is 26.4 Å². The average molecular weight is 458 g/mol. The monoisotopic (exact) mass is 457 g/mol. The summed E-state index contributed by atoms with van der Waals surface area (Å²) in [4.78, 5) is 22.5. The van der Waals surface area contributed by atoms with E-state index in [9.17, 15) is 4.79 Å². The Bertz CT molecular complexity index is 1080. The molecule has 0 atom stereocenters. The maximum absolute atomic E-state index is 13.7. The number of benzene rings is 2. The molecule has 3 aromatic rings. The highest BCUT2D eigenvalue weighted by molar-refractivity contribution is 5.95. The molecule has 3 heterocycles. The zero-order valence-corrected chi connectivity index (χ0v) is 19.4. The predicted octanol–water partition coefficient (Wildman–Crippen LogP) is 4.55. The Labute approximate surface area is 201 Å². The smallest absolute Gasteiger partial charge is 0.254 e. The van der Waals surface area contributed by atoms with Gasteiger partial charge >= 0.3 is 0 Å². The van der Waals surface area contributed by atoms with Gasteiger partial charge in [-0.05, 0) is 67.6 Å². The zero-order valence-electron chi connectivity index (χ0n) is 19.4. The van der Waals surface area contributed by atoms with Crippen molar-refractivity contribution < 1.29 is 14.3 Å². The summed E-state index contributed by atoms with van der Waals surface area (Å²) in [5, 5.41) is 0. The fourth-order valence-corrected chi connectivity index (χ4v) is 4.86. The number of aromatic nitrogens is 1. The molecular formula is C28H31N3O3. The second-order valence-corrected chi connectivity index (χ2v) is 9.02. The van der Waals surface area contributed by atoms with Crippen LogP contribution < -0.4 is 9.47 Å². The number of hydrogen-bond acceptors (Lipinski definition) is 5. The molecule has 176 valence electrons. The highest BCUT2D eigenvalue weighted by atomic mass is 16.7. The first kappa shape index (κ1) is 22.4. The zero-order chi connectivity index (χ0) is 23.2. The number of piperidine rings is 1. The summed E-state index contributed by atoms with van der Waals surface area (Å²) in [6.07, 6.45) is 7.82. The van der Waals surface area contributed by atoms with Gasteiger partial charge in [0.25, 0.3) is 5.91 Å². The van der Waals surface area contributed by atoms with E-state index >= 15 is 0 Å². The van der Waals surface area contributed by atoms with E-state index in [2.05, 4.69) is 40.2 Å². The van der Waals surface area contributed by atoms with Gasteiger partial charge in [-0.1, -0.05) is 36.4 Å². The fourth-order valence-electron chi connectivity index (χ4n) is 4.86. The van der Waals surface area contributed by atoms with Crippen molar-refractivity contribution >= 4 is 5.91 Å². The van der Waals surface area contributed by atoms with Crippen LogP contribution in [0.15, 0.2) is 73.1 Å². The molecule has 6 heteroatoms. The van der Waals surface area contributed by atoms with Crippen molar-refractivity contribution in [3.05, 3.63) is 89.7 Å². The lowest BCUT2D eigenvalue weighted by Crippen LogP contribution is -2.47. The molecule has 0 aliphatic carbocycles. The van der Waals surface area contributed by atoms with Crippen molar-refractivity contribution in [2.45, 2.75) is 38.3 Å². The van der Waals surface area contributed by atoms with Crippen LogP contribution in [0.1, 0.15) is 40.7 Å². The molecule has 34 heavy (non-hydrogen) atoms. The maximum Gasteiger partial charge on any atom is 0.254 e. The van der Waals surface area contributed by atoms with Crippen LogP contribution in [0.4, 0.5) is 0 Å². The number of likely N-dealkylation sites (tertiary alicyclic amines) is 1. The Morgan fingerprint density at radius 3 is 2.56 bits per heavy atom. The second-order valence-electron chi connectivity index (χ2n) is 9.02. The Balaban J connectivity index is 1.23. The second kappa shape index (κ2) is 10.7. The molecule has 2 aromatic carbocycles. The average Bonchev–Trinajstić information content (AvgIpc) is 3.37. The molecular weight excluding hydrogens is 426 g/mol. The minimum Gasteiger partial charge on any atom is -0.454 e. The van der Waals surface area contributed by atoms with Crippen molar-refractivity contribution in [1.29, 1.82) is 0 Å². The van der Waals surface area contributed by atoms with Crippen molar-refractivity contribution in [3.8, 4) is 11.5 Å². The third-order valence-electron chi connectivity index (χ3n) is 6.74. The first-order chi connectivity index (χ1) is 16.8. The number of ether oxygens (including phenoxy) is 2. The Hall–Kier alpha value is -3.38. The van der Waals surface area contributed by atoms with Crippen LogP contribution in [0.25, 0.3) is 0 Å². The van der Waals surface area contributed by atoms with E-state index in [1.54, 1.807) is 12.3 Å². The van der Waals surface area contributed by atoms with E-state index in [-0.39, 0.29) is 18.7 Å². The van der Waals surface area contributed by atoms with Gasteiger partial charge in [-0.2, -0.15) is 0 Å². The molecule has 0 bridgehead atoms. The topological polar surface area (TPSA) is 54.9 Å². The quantitative estimate of drug-likeness (QED) is 0.497. The predicted molar refractivity (Wildman–Crippen MR) is 131 cm³/mol. The number of pyridine rings is 1. The van der Waals surface area contributed by atoms with Crippen LogP contribution in [0.2, 0.25) is 0 Å². The number of fused-ring (bicyclic) bond motifs is 1. The Morgan fingerprint density at radius 2 is 1.76 bits per heavy atom. The van der Waals surface area contributed by atoms with E-state index in [4.69, 9.17) is 9.47 Å². The van der Waals surface area contributed by atoms with Crippen molar-refractivity contribution in [1.82, 2.24) is 14.8 Å². The van der Waals surface area contributed by atoms with E-state index in [1.165, 1.54) is 5.56 Å². The minimum atomic E-state index is 0.0321. The molecule has 1 fully saturated rings. The summed E-state index contributed by atoms with van der Waals surface area (Å²) in [5.74, 6) is 1.37. The van der Waals surface area contributed by atoms with Gasteiger partial charge in [-0.3, -0.25) is 9.78 Å². The lowest BCUT2D eigenvalue weighted by Gasteiger charge is -2.38. The Morgan fingerprint density at radius 1 is 0.971 bits per heavy atom. The number of aryl methyl sites for hydroxylation is 1. The van der Waals surface area contributed by atoms with Gasteiger partial charge in [0.2, 0.25) is 6.79 Å². The summed E-state index contributed by atoms with van der Waals surface area (Å²) >= 11 is 0. The number of rotatable bonds is 8. The first-order valence-corrected chi connectivity index (χ1v) is 12.1. The highest BCUT2D eigenvalue weighted by Gasteiger charge is 2.29. The summed E-state index contributed by atoms with van der Waals surface area (Å²) in [6, 6.07) is 20.3. The molecule has 6 nitrogen and oxygen atoms in total. The van der Waals surface area contributed by atoms with E-state index in [1.807, 2.05) is 35.4 Å². The van der Waals surface area contributed by atoms with E-state index < -0.39 is 0 Å². The summed E-state index contributed by atoms with van der Waals surface area (Å²) < 4.78 is 10.9. The molecule has 2 aliphatic rings. The normalized spacial score (nSPS) is 15.9. The largest absolute Gasteiger partial charge is 0.454 e. The molecule has 0 unspecified atom stereocenters. The van der Waals surface area contributed by atoms with Gasteiger partial charge in [-0.25, -0.2) is 0 Å². The van der Waals surface area contributed by atoms with Gasteiger partial charge in [0.05, 0.1) is 0 Å². The number of nitrogens with zero attached hydrogens (tertiary/aromatic N) is 3. The van der Waals surface area contributed by atoms with Crippen LogP contribution in [-0.4, -0.2) is 53.2 Å². The Kier molecular flexibility index (Phi) is 7.05. The molecule has 1 amide bonds. The first-order valence-electron chi connectivity index (χ1n) is 12.1. The summed E-state index contributed by atoms with van der Waals surface area (Å²) in [7, 11) is 0. The van der Waals surface area contributed by atoms with Gasteiger partial charge in [-0.15, -0.1) is 0 Å². The molecule has 0 radical (unpaired) electrons. The third kappa shape index (κ3) is 5.39. The molecule has 2 aliphatic heterocycles. The van der Waals surface area contributed by atoms with Crippen LogP contribution in [0.5, 0.6) is 11.5 Å². The lowest BCUT2D eigenvalue weighted by molar-refractivity contribution is 0.0548. The van der Waals surface area contributed by atoms with Gasteiger partial charge in [0.15, 0.2) is 11.5 Å². The molecule has 0 saturated carbocycles.